The Labute approximate surface area is 186 Å². The molecule has 4 rings (SSSR count). The molecule has 1 saturated heterocycles. The number of rotatable bonds is 5. The third-order valence-corrected chi connectivity index (χ3v) is 5.92. The highest BCUT2D eigenvalue weighted by molar-refractivity contribution is 6.32. The smallest absolute Gasteiger partial charge is 0.269 e. The molecule has 0 bridgehead atoms. The van der Waals surface area contributed by atoms with Crippen LogP contribution in [0.4, 0.5) is 11.4 Å². The molecular weight excluding hydrogens is 418 g/mol. The Balaban J connectivity index is 1.36. The number of ether oxygens (including phenoxy) is 1. The Morgan fingerprint density at radius 2 is 2.03 bits per heavy atom. The van der Waals surface area contributed by atoms with E-state index in [0.717, 1.165) is 55.4 Å². The number of pyridine rings is 1. The van der Waals surface area contributed by atoms with Crippen molar-refractivity contribution in [3.63, 3.8) is 0 Å². The first-order valence-electron chi connectivity index (χ1n) is 10.4. The lowest BCUT2D eigenvalue weighted by Gasteiger charge is -2.36. The Kier molecular flexibility index (Phi) is 6.29. The number of anilines is 2. The van der Waals surface area contributed by atoms with Crippen LogP contribution < -0.4 is 20.3 Å². The minimum Gasteiger partial charge on any atom is -0.478 e. The predicted molar refractivity (Wildman–Crippen MR) is 120 cm³/mol. The normalized spacial score (nSPS) is 18.7. The highest BCUT2D eigenvalue weighted by Gasteiger charge is 2.26. The number of carbonyl (C=O) groups excluding carboxylic acids is 2. The molecule has 0 saturated carbocycles. The zero-order chi connectivity index (χ0) is 22.0. The van der Waals surface area contributed by atoms with Crippen LogP contribution in [0.1, 0.15) is 29.4 Å². The zero-order valence-corrected chi connectivity index (χ0v) is 18.4. The van der Waals surface area contributed by atoms with Crippen LogP contribution in [-0.4, -0.2) is 61.0 Å². The van der Waals surface area contributed by atoms with Crippen LogP contribution in [0, 0.1) is 0 Å². The molecule has 0 spiro atoms. The van der Waals surface area contributed by atoms with Crippen molar-refractivity contribution in [1.82, 2.24) is 15.2 Å². The second-order valence-corrected chi connectivity index (χ2v) is 8.04. The van der Waals surface area contributed by atoms with E-state index in [0.29, 0.717) is 17.3 Å². The van der Waals surface area contributed by atoms with E-state index in [9.17, 15) is 9.59 Å². The Morgan fingerprint density at radius 3 is 2.71 bits per heavy atom. The van der Waals surface area contributed by atoms with Crippen LogP contribution in [-0.2, 0) is 11.3 Å². The Hall–Kier alpha value is -2.84. The summed E-state index contributed by atoms with van der Waals surface area (Å²) in [5.41, 5.74) is 3.01. The fourth-order valence-corrected chi connectivity index (χ4v) is 4.16. The number of nitrogens with zero attached hydrogens (tertiary/aromatic N) is 3. The summed E-state index contributed by atoms with van der Waals surface area (Å²) >= 11 is 6.34. The molecular formula is C22H26ClN5O3. The summed E-state index contributed by atoms with van der Waals surface area (Å²) in [7, 11) is 1.57. The number of benzene rings is 1. The molecule has 0 radical (unpaired) electrons. The molecule has 2 amide bonds. The van der Waals surface area contributed by atoms with Crippen LogP contribution in [0.3, 0.4) is 0 Å². The highest BCUT2D eigenvalue weighted by Crippen LogP contribution is 2.32. The maximum atomic E-state index is 12.1. The molecule has 1 aromatic heterocycles. The van der Waals surface area contributed by atoms with Gasteiger partial charge < -0.3 is 20.3 Å². The van der Waals surface area contributed by atoms with Crippen LogP contribution in [0.25, 0.3) is 0 Å². The Bertz CT molecular complexity index is 991. The number of amides is 2. The fraction of sp³-hybridized carbons (Fsp3) is 0.409. The first kappa shape index (κ1) is 21.4. The van der Waals surface area contributed by atoms with E-state index in [1.54, 1.807) is 13.1 Å². The first-order valence-corrected chi connectivity index (χ1v) is 10.8. The molecule has 1 atom stereocenters. The summed E-state index contributed by atoms with van der Waals surface area (Å²) in [5.74, 6) is 0.381. The molecule has 1 fully saturated rings. The number of fused-ring (bicyclic) bond motifs is 1. The Morgan fingerprint density at radius 1 is 1.26 bits per heavy atom. The van der Waals surface area contributed by atoms with Gasteiger partial charge >= 0.3 is 0 Å². The molecule has 1 aromatic carbocycles. The maximum absolute atomic E-state index is 12.1. The van der Waals surface area contributed by atoms with Crippen molar-refractivity contribution >= 4 is 34.8 Å². The first-order chi connectivity index (χ1) is 15.0. The van der Waals surface area contributed by atoms with Gasteiger partial charge in [-0.15, -0.1) is 0 Å². The van der Waals surface area contributed by atoms with Gasteiger partial charge in [0.1, 0.15) is 11.4 Å². The zero-order valence-electron chi connectivity index (χ0n) is 17.7. The predicted octanol–water partition coefficient (Wildman–Crippen LogP) is 2.53. The second kappa shape index (κ2) is 9.11. The van der Waals surface area contributed by atoms with E-state index in [-0.39, 0.29) is 11.8 Å². The third kappa shape index (κ3) is 4.60. The van der Waals surface area contributed by atoms with Gasteiger partial charge in [-0.3, -0.25) is 14.5 Å². The monoisotopic (exact) mass is 443 g/mol. The van der Waals surface area contributed by atoms with Crippen LogP contribution >= 0.6 is 11.6 Å². The van der Waals surface area contributed by atoms with Gasteiger partial charge in [0, 0.05) is 39.8 Å². The molecule has 0 aliphatic carbocycles. The molecule has 2 aliphatic heterocycles. The lowest BCUT2D eigenvalue weighted by atomic mass is 10.1. The largest absolute Gasteiger partial charge is 0.478 e. The van der Waals surface area contributed by atoms with Gasteiger partial charge in [0.25, 0.3) is 11.8 Å². The maximum Gasteiger partial charge on any atom is 0.269 e. The minimum atomic E-state index is -0.418. The quantitative estimate of drug-likeness (QED) is 0.690. The molecule has 2 aromatic rings. The summed E-state index contributed by atoms with van der Waals surface area (Å²) in [6.07, 6.45) is 0.226. The summed E-state index contributed by atoms with van der Waals surface area (Å²) in [5, 5.41) is 5.84. The topological polar surface area (TPSA) is 86.8 Å². The minimum absolute atomic E-state index is 0.0892. The van der Waals surface area contributed by atoms with Crippen LogP contribution in [0.2, 0.25) is 5.15 Å². The van der Waals surface area contributed by atoms with Crippen molar-refractivity contribution in [1.29, 1.82) is 0 Å². The number of piperazine rings is 1. The van der Waals surface area contributed by atoms with Crippen molar-refractivity contribution in [2.45, 2.75) is 26.0 Å². The van der Waals surface area contributed by atoms with Gasteiger partial charge in [-0.05, 0) is 36.2 Å². The molecule has 8 nitrogen and oxygen atoms in total. The number of halogens is 1. The third-order valence-electron chi connectivity index (χ3n) is 5.64. The van der Waals surface area contributed by atoms with Crippen molar-refractivity contribution in [2.24, 2.45) is 0 Å². The van der Waals surface area contributed by atoms with E-state index >= 15 is 0 Å². The summed E-state index contributed by atoms with van der Waals surface area (Å²) in [4.78, 5) is 32.6. The van der Waals surface area contributed by atoms with E-state index < -0.39 is 6.10 Å². The number of hydrogen-bond acceptors (Lipinski definition) is 6. The van der Waals surface area contributed by atoms with Gasteiger partial charge in [0.05, 0.1) is 11.4 Å². The molecule has 164 valence electrons. The number of carbonyl (C=O) groups is 2. The van der Waals surface area contributed by atoms with E-state index in [1.807, 2.05) is 31.2 Å². The van der Waals surface area contributed by atoms with Crippen LogP contribution in [0.15, 0.2) is 30.3 Å². The number of nitrogens with one attached hydrogen (secondary N) is 2. The van der Waals surface area contributed by atoms with Crippen molar-refractivity contribution in [2.75, 3.05) is 43.4 Å². The van der Waals surface area contributed by atoms with Gasteiger partial charge in [-0.2, -0.15) is 0 Å². The molecule has 2 N–H and O–H groups in total. The SMILES string of the molecule is CC[C@@H]1Oc2ccc(CN3CCN(c4ccc(C(=O)NC)nc4Cl)CC3)cc2NC1=O. The fourth-order valence-electron chi connectivity index (χ4n) is 3.89. The number of hydrogen-bond donors (Lipinski definition) is 2. The van der Waals surface area contributed by atoms with E-state index in [4.69, 9.17) is 16.3 Å². The standard InChI is InChI=1S/C22H26ClN5O3/c1-3-18-22(30)26-16-12-14(4-7-19(16)31-18)13-27-8-10-28(11-9-27)17-6-5-15(21(29)24-2)25-20(17)23/h4-7,12,18H,3,8-11,13H2,1-2H3,(H,24,29)(H,26,30)/t18-/m0/s1. The highest BCUT2D eigenvalue weighted by atomic mass is 35.5. The van der Waals surface area contributed by atoms with Crippen molar-refractivity contribution in [3.05, 3.63) is 46.7 Å². The summed E-state index contributed by atoms with van der Waals surface area (Å²) in [6.45, 7) is 6.07. The average molecular weight is 444 g/mol. The number of aromatic nitrogens is 1. The molecule has 2 aliphatic rings. The van der Waals surface area contributed by atoms with E-state index in [2.05, 4.69) is 25.4 Å². The van der Waals surface area contributed by atoms with Gasteiger partial charge in [0.2, 0.25) is 0 Å². The lowest BCUT2D eigenvalue weighted by Crippen LogP contribution is -2.46. The van der Waals surface area contributed by atoms with Gasteiger partial charge in [-0.25, -0.2) is 4.98 Å². The van der Waals surface area contributed by atoms with Crippen molar-refractivity contribution in [3.8, 4) is 5.75 Å². The lowest BCUT2D eigenvalue weighted by molar-refractivity contribution is -0.123. The molecule has 0 unspecified atom stereocenters. The van der Waals surface area contributed by atoms with E-state index in [1.165, 1.54) is 0 Å². The average Bonchev–Trinajstić information content (AvgIpc) is 2.78. The molecule has 3 heterocycles. The molecule has 9 heteroatoms. The van der Waals surface area contributed by atoms with Gasteiger partial charge in [0.15, 0.2) is 11.3 Å². The molecule has 31 heavy (non-hydrogen) atoms. The van der Waals surface area contributed by atoms with Crippen LogP contribution in [0.5, 0.6) is 5.75 Å². The summed E-state index contributed by atoms with van der Waals surface area (Å²) < 4.78 is 5.77. The van der Waals surface area contributed by atoms with Gasteiger partial charge in [-0.1, -0.05) is 24.6 Å². The summed E-state index contributed by atoms with van der Waals surface area (Å²) in [6, 6.07) is 9.52. The van der Waals surface area contributed by atoms with Crippen molar-refractivity contribution < 1.29 is 14.3 Å². The second-order valence-electron chi connectivity index (χ2n) is 7.68.